The SMILES string of the molecule is CC1CCCC(CNCCc2ccc3c(c2)OCCO3)C1. The summed E-state index contributed by atoms with van der Waals surface area (Å²) in [4.78, 5) is 0. The lowest BCUT2D eigenvalue weighted by Gasteiger charge is -2.26. The van der Waals surface area contributed by atoms with Gasteiger partial charge in [0, 0.05) is 0 Å². The topological polar surface area (TPSA) is 30.5 Å². The van der Waals surface area contributed by atoms with Crippen molar-refractivity contribution < 1.29 is 9.47 Å². The molecule has 1 fully saturated rings. The summed E-state index contributed by atoms with van der Waals surface area (Å²) in [5.74, 6) is 3.59. The summed E-state index contributed by atoms with van der Waals surface area (Å²) in [5.41, 5.74) is 1.32. The maximum Gasteiger partial charge on any atom is 0.161 e. The van der Waals surface area contributed by atoms with Crippen LogP contribution in [0.15, 0.2) is 18.2 Å². The van der Waals surface area contributed by atoms with Gasteiger partial charge in [0.1, 0.15) is 13.2 Å². The molecule has 2 aliphatic rings. The highest BCUT2D eigenvalue weighted by Crippen LogP contribution is 2.31. The van der Waals surface area contributed by atoms with Gasteiger partial charge in [0.25, 0.3) is 0 Å². The van der Waals surface area contributed by atoms with Crippen molar-refractivity contribution in [2.75, 3.05) is 26.3 Å². The highest BCUT2D eigenvalue weighted by molar-refractivity contribution is 5.43. The van der Waals surface area contributed by atoms with E-state index in [2.05, 4.69) is 24.4 Å². The molecule has 1 aromatic carbocycles. The van der Waals surface area contributed by atoms with Gasteiger partial charge in [-0.25, -0.2) is 0 Å². The molecule has 116 valence electrons. The summed E-state index contributed by atoms with van der Waals surface area (Å²) in [5, 5.41) is 3.63. The number of benzene rings is 1. The Labute approximate surface area is 128 Å². The first kappa shape index (κ1) is 14.7. The zero-order chi connectivity index (χ0) is 14.5. The predicted octanol–water partition coefficient (Wildman–Crippen LogP) is 3.42. The van der Waals surface area contributed by atoms with Gasteiger partial charge in [0.05, 0.1) is 0 Å². The zero-order valence-corrected chi connectivity index (χ0v) is 13.1. The molecule has 0 bridgehead atoms. The maximum atomic E-state index is 5.63. The van der Waals surface area contributed by atoms with E-state index in [-0.39, 0.29) is 0 Å². The number of ether oxygens (including phenoxy) is 2. The lowest BCUT2D eigenvalue weighted by Crippen LogP contribution is -2.28. The summed E-state index contributed by atoms with van der Waals surface area (Å²) >= 11 is 0. The third-order valence-electron chi connectivity index (χ3n) is 4.68. The van der Waals surface area contributed by atoms with Gasteiger partial charge in [0.2, 0.25) is 0 Å². The van der Waals surface area contributed by atoms with Crippen molar-refractivity contribution in [3.05, 3.63) is 23.8 Å². The summed E-state index contributed by atoms with van der Waals surface area (Å²) in [6, 6.07) is 6.31. The largest absolute Gasteiger partial charge is 0.486 e. The minimum atomic E-state index is 0.660. The van der Waals surface area contributed by atoms with Crippen molar-refractivity contribution >= 4 is 0 Å². The van der Waals surface area contributed by atoms with Crippen LogP contribution >= 0.6 is 0 Å². The standard InChI is InChI=1S/C18H27NO2/c1-14-3-2-4-16(11-14)13-19-8-7-15-5-6-17-18(12-15)21-10-9-20-17/h5-6,12,14,16,19H,2-4,7-11,13H2,1H3. The van der Waals surface area contributed by atoms with Crippen molar-refractivity contribution in [3.8, 4) is 11.5 Å². The van der Waals surface area contributed by atoms with Crippen LogP contribution in [-0.2, 0) is 6.42 Å². The highest BCUT2D eigenvalue weighted by atomic mass is 16.6. The lowest BCUT2D eigenvalue weighted by molar-refractivity contribution is 0.171. The molecule has 1 aromatic rings. The third kappa shape index (κ3) is 4.13. The molecule has 1 N–H and O–H groups in total. The van der Waals surface area contributed by atoms with E-state index in [0.29, 0.717) is 13.2 Å². The van der Waals surface area contributed by atoms with Crippen LogP contribution in [0.5, 0.6) is 11.5 Å². The molecule has 3 rings (SSSR count). The van der Waals surface area contributed by atoms with Crippen LogP contribution in [0.4, 0.5) is 0 Å². The van der Waals surface area contributed by atoms with Crippen molar-refractivity contribution in [1.82, 2.24) is 5.32 Å². The second-order valence-corrected chi connectivity index (χ2v) is 6.57. The fourth-order valence-electron chi connectivity index (χ4n) is 3.53. The normalized spacial score (nSPS) is 24.8. The second-order valence-electron chi connectivity index (χ2n) is 6.57. The molecular weight excluding hydrogens is 262 g/mol. The van der Waals surface area contributed by atoms with Crippen LogP contribution in [-0.4, -0.2) is 26.3 Å². The third-order valence-corrected chi connectivity index (χ3v) is 4.68. The molecule has 1 saturated carbocycles. The van der Waals surface area contributed by atoms with Gasteiger partial charge in [0.15, 0.2) is 11.5 Å². The van der Waals surface area contributed by atoms with Crippen LogP contribution in [0.1, 0.15) is 38.2 Å². The Morgan fingerprint density at radius 2 is 2.00 bits per heavy atom. The van der Waals surface area contributed by atoms with Gasteiger partial charge in [-0.05, 0) is 61.9 Å². The van der Waals surface area contributed by atoms with Gasteiger partial charge in [-0.2, -0.15) is 0 Å². The summed E-state index contributed by atoms with van der Waals surface area (Å²) in [6.07, 6.45) is 6.70. The van der Waals surface area contributed by atoms with E-state index in [1.54, 1.807) is 0 Å². The van der Waals surface area contributed by atoms with E-state index in [1.165, 1.54) is 37.8 Å². The van der Waals surface area contributed by atoms with E-state index in [4.69, 9.17) is 9.47 Å². The molecule has 21 heavy (non-hydrogen) atoms. The van der Waals surface area contributed by atoms with Gasteiger partial charge in [-0.15, -0.1) is 0 Å². The number of hydrogen-bond donors (Lipinski definition) is 1. The first-order valence-electron chi connectivity index (χ1n) is 8.40. The maximum absolute atomic E-state index is 5.63. The molecule has 0 radical (unpaired) electrons. The Balaban J connectivity index is 1.41. The second kappa shape index (κ2) is 7.17. The molecule has 0 amide bonds. The van der Waals surface area contributed by atoms with Gasteiger partial charge in [-0.1, -0.05) is 25.8 Å². The molecule has 0 spiro atoms. The minimum Gasteiger partial charge on any atom is -0.486 e. The van der Waals surface area contributed by atoms with Gasteiger partial charge >= 0.3 is 0 Å². The summed E-state index contributed by atoms with van der Waals surface area (Å²) < 4.78 is 11.2. The average Bonchev–Trinajstić information content (AvgIpc) is 2.51. The number of rotatable bonds is 5. The van der Waals surface area contributed by atoms with Gasteiger partial charge < -0.3 is 14.8 Å². The first-order chi connectivity index (χ1) is 10.3. The van der Waals surface area contributed by atoms with Crippen LogP contribution in [0, 0.1) is 11.8 Å². The average molecular weight is 289 g/mol. The molecule has 3 heteroatoms. The van der Waals surface area contributed by atoms with E-state index in [1.807, 2.05) is 6.07 Å². The molecule has 0 aromatic heterocycles. The Hall–Kier alpha value is -1.22. The Kier molecular flexibility index (Phi) is 5.02. The molecular formula is C18H27NO2. The van der Waals surface area contributed by atoms with Crippen molar-refractivity contribution in [2.24, 2.45) is 11.8 Å². The van der Waals surface area contributed by atoms with Crippen LogP contribution in [0.2, 0.25) is 0 Å². The molecule has 2 unspecified atom stereocenters. The van der Waals surface area contributed by atoms with Gasteiger partial charge in [-0.3, -0.25) is 0 Å². The molecule has 3 nitrogen and oxygen atoms in total. The van der Waals surface area contributed by atoms with Crippen LogP contribution in [0.25, 0.3) is 0 Å². The predicted molar refractivity (Wildman–Crippen MR) is 85.1 cm³/mol. The fourth-order valence-corrected chi connectivity index (χ4v) is 3.53. The van der Waals surface area contributed by atoms with E-state index >= 15 is 0 Å². The number of nitrogens with one attached hydrogen (secondary N) is 1. The Morgan fingerprint density at radius 3 is 2.86 bits per heavy atom. The Bertz CT molecular complexity index is 461. The molecule has 1 aliphatic carbocycles. The molecule has 1 aliphatic heterocycles. The number of fused-ring (bicyclic) bond motifs is 1. The van der Waals surface area contributed by atoms with Crippen LogP contribution < -0.4 is 14.8 Å². The molecule has 1 heterocycles. The van der Waals surface area contributed by atoms with E-state index in [9.17, 15) is 0 Å². The summed E-state index contributed by atoms with van der Waals surface area (Å²) in [7, 11) is 0. The molecule has 0 saturated heterocycles. The minimum absolute atomic E-state index is 0.660. The van der Waals surface area contributed by atoms with Crippen molar-refractivity contribution in [3.63, 3.8) is 0 Å². The van der Waals surface area contributed by atoms with E-state index in [0.717, 1.165) is 36.3 Å². The zero-order valence-electron chi connectivity index (χ0n) is 13.1. The smallest absolute Gasteiger partial charge is 0.161 e. The summed E-state index contributed by atoms with van der Waals surface area (Å²) in [6.45, 7) is 5.93. The van der Waals surface area contributed by atoms with E-state index < -0.39 is 0 Å². The van der Waals surface area contributed by atoms with Crippen molar-refractivity contribution in [1.29, 1.82) is 0 Å². The lowest BCUT2D eigenvalue weighted by atomic mass is 9.82. The van der Waals surface area contributed by atoms with Crippen LogP contribution in [0.3, 0.4) is 0 Å². The fraction of sp³-hybridized carbons (Fsp3) is 0.667. The first-order valence-corrected chi connectivity index (χ1v) is 8.40. The van der Waals surface area contributed by atoms with Crippen molar-refractivity contribution in [2.45, 2.75) is 39.0 Å². The Morgan fingerprint density at radius 1 is 1.14 bits per heavy atom. The molecule has 2 atom stereocenters. The quantitative estimate of drug-likeness (QED) is 0.843. The monoisotopic (exact) mass is 289 g/mol. The number of hydrogen-bond acceptors (Lipinski definition) is 3. The highest BCUT2D eigenvalue weighted by Gasteiger charge is 2.18.